The van der Waals surface area contributed by atoms with Gasteiger partial charge in [0.05, 0.1) is 0 Å². The summed E-state index contributed by atoms with van der Waals surface area (Å²) < 4.78 is 0. The van der Waals surface area contributed by atoms with Crippen LogP contribution in [0.4, 0.5) is 0 Å². The van der Waals surface area contributed by atoms with E-state index in [2.05, 4.69) is 44.7 Å². The summed E-state index contributed by atoms with van der Waals surface area (Å²) in [4.78, 5) is 19.3. The fourth-order valence-corrected chi connectivity index (χ4v) is 2.79. The van der Waals surface area contributed by atoms with Gasteiger partial charge in [-0.05, 0) is 60.3 Å². The van der Waals surface area contributed by atoms with Crippen molar-refractivity contribution in [1.29, 1.82) is 0 Å². The molecule has 4 heteroatoms. The summed E-state index contributed by atoms with van der Waals surface area (Å²) in [6.45, 7) is 9.64. The maximum absolute atomic E-state index is 12.6. The zero-order valence-corrected chi connectivity index (χ0v) is 14.2. The molecule has 1 aliphatic rings. The molecule has 0 unspecified atom stereocenters. The second-order valence-corrected chi connectivity index (χ2v) is 6.62. The van der Waals surface area contributed by atoms with E-state index in [0.717, 1.165) is 38.9 Å². The highest BCUT2D eigenvalue weighted by atomic mass is 16.2. The predicted octanol–water partition coefficient (Wildman–Crippen LogP) is 1.91. The highest BCUT2D eigenvalue weighted by molar-refractivity contribution is 5.79. The minimum absolute atomic E-state index is 0.231. The van der Waals surface area contributed by atoms with E-state index in [-0.39, 0.29) is 5.92 Å². The van der Waals surface area contributed by atoms with Crippen molar-refractivity contribution in [2.24, 2.45) is 5.92 Å². The average Bonchev–Trinajstić information content (AvgIpc) is 2.43. The second-order valence-electron chi connectivity index (χ2n) is 6.62. The Balaban J connectivity index is 2.56. The molecule has 1 amide bonds. The van der Waals surface area contributed by atoms with Crippen LogP contribution >= 0.6 is 0 Å². The van der Waals surface area contributed by atoms with Crippen molar-refractivity contribution in [1.82, 2.24) is 14.7 Å². The number of rotatable bonds is 6. The van der Waals surface area contributed by atoms with E-state index in [4.69, 9.17) is 0 Å². The molecule has 0 spiro atoms. The number of hydrogen-bond donors (Lipinski definition) is 0. The maximum atomic E-state index is 12.6. The van der Waals surface area contributed by atoms with E-state index in [1.807, 2.05) is 11.9 Å². The summed E-state index contributed by atoms with van der Waals surface area (Å²) in [5.41, 5.74) is 0. The topological polar surface area (TPSA) is 26.8 Å². The van der Waals surface area contributed by atoms with Crippen LogP contribution in [0, 0.1) is 5.92 Å². The van der Waals surface area contributed by atoms with Crippen LogP contribution in [0.5, 0.6) is 0 Å². The van der Waals surface area contributed by atoms with Gasteiger partial charge in [0, 0.05) is 31.6 Å². The number of hydrogen-bond acceptors (Lipinski definition) is 3. The Morgan fingerprint density at radius 1 is 1.25 bits per heavy atom. The molecule has 0 bridgehead atoms. The fourth-order valence-electron chi connectivity index (χ4n) is 2.79. The first-order chi connectivity index (χ1) is 9.36. The van der Waals surface area contributed by atoms with Crippen molar-refractivity contribution in [2.45, 2.75) is 52.1 Å². The number of carbonyl (C=O) groups is 1. The first-order valence-corrected chi connectivity index (χ1v) is 8.02. The Bertz CT molecular complexity index is 298. The van der Waals surface area contributed by atoms with E-state index >= 15 is 0 Å². The molecular weight excluding hydrogens is 250 g/mol. The molecule has 1 rings (SSSR count). The van der Waals surface area contributed by atoms with Crippen LogP contribution in [-0.4, -0.2) is 73.5 Å². The first-order valence-electron chi connectivity index (χ1n) is 8.02. The summed E-state index contributed by atoms with van der Waals surface area (Å²) in [6, 6.07) is 0.852. The smallest absolute Gasteiger partial charge is 0.225 e. The van der Waals surface area contributed by atoms with Crippen LogP contribution < -0.4 is 0 Å². The van der Waals surface area contributed by atoms with E-state index < -0.39 is 0 Å². The lowest BCUT2D eigenvalue weighted by atomic mass is 9.95. The summed E-state index contributed by atoms with van der Waals surface area (Å²) in [5.74, 6) is 0.580. The third kappa shape index (κ3) is 4.74. The lowest BCUT2D eigenvalue weighted by Gasteiger charge is -2.36. The molecule has 0 saturated carbocycles. The molecule has 0 aromatic carbocycles. The average molecular weight is 283 g/mol. The minimum Gasteiger partial charge on any atom is -0.341 e. The third-order valence-electron chi connectivity index (χ3n) is 4.81. The van der Waals surface area contributed by atoms with Gasteiger partial charge in [-0.1, -0.05) is 6.92 Å². The minimum atomic E-state index is 0.231. The Kier molecular flexibility index (Phi) is 6.96. The number of likely N-dealkylation sites (N-methyl/N-ethyl adjacent to an activating group) is 2. The van der Waals surface area contributed by atoms with Gasteiger partial charge < -0.3 is 14.7 Å². The molecule has 1 aliphatic heterocycles. The Hall–Kier alpha value is -0.610. The lowest BCUT2D eigenvalue weighted by Crippen LogP contribution is -2.48. The molecule has 1 saturated heterocycles. The predicted molar refractivity (Wildman–Crippen MR) is 84.8 cm³/mol. The summed E-state index contributed by atoms with van der Waals surface area (Å²) in [5, 5.41) is 0. The van der Waals surface area contributed by atoms with Crippen LogP contribution in [0.2, 0.25) is 0 Å². The van der Waals surface area contributed by atoms with Crippen LogP contribution in [0.15, 0.2) is 0 Å². The molecule has 1 atom stereocenters. The van der Waals surface area contributed by atoms with Crippen LogP contribution in [0.3, 0.4) is 0 Å². The normalized spacial score (nSPS) is 19.6. The molecule has 118 valence electrons. The molecule has 0 aliphatic carbocycles. The van der Waals surface area contributed by atoms with Crippen molar-refractivity contribution in [2.75, 3.05) is 40.8 Å². The Morgan fingerprint density at radius 2 is 1.80 bits per heavy atom. The van der Waals surface area contributed by atoms with E-state index in [9.17, 15) is 4.79 Å². The lowest BCUT2D eigenvalue weighted by molar-refractivity contribution is -0.138. The molecule has 0 N–H and O–H groups in total. The SMILES string of the molecule is CC[C@H](CN(C)C(C)C)N(C)C(=O)C1CCN(C)CC1. The molecule has 0 radical (unpaired) electrons. The third-order valence-corrected chi connectivity index (χ3v) is 4.81. The standard InChI is InChI=1S/C16H33N3O/c1-7-15(12-18(5)13(2)3)19(6)16(20)14-8-10-17(4)11-9-14/h13-15H,7-12H2,1-6H3/t15-/m1/s1. The second kappa shape index (κ2) is 7.99. The van der Waals surface area contributed by atoms with Gasteiger partial charge in [-0.15, -0.1) is 0 Å². The van der Waals surface area contributed by atoms with Crippen LogP contribution in [-0.2, 0) is 4.79 Å². The number of piperidine rings is 1. The molecule has 20 heavy (non-hydrogen) atoms. The quantitative estimate of drug-likeness (QED) is 0.745. The monoisotopic (exact) mass is 283 g/mol. The zero-order chi connectivity index (χ0) is 15.3. The molecule has 1 heterocycles. The van der Waals surface area contributed by atoms with Crippen molar-refractivity contribution < 1.29 is 4.79 Å². The van der Waals surface area contributed by atoms with E-state index in [1.165, 1.54) is 0 Å². The molecular formula is C16H33N3O. The molecule has 0 aromatic rings. The van der Waals surface area contributed by atoms with Gasteiger partial charge in [-0.3, -0.25) is 4.79 Å². The Morgan fingerprint density at radius 3 is 2.25 bits per heavy atom. The number of amides is 1. The highest BCUT2D eigenvalue weighted by Gasteiger charge is 2.29. The van der Waals surface area contributed by atoms with Crippen molar-refractivity contribution in [3.8, 4) is 0 Å². The fraction of sp³-hybridized carbons (Fsp3) is 0.938. The largest absolute Gasteiger partial charge is 0.341 e. The van der Waals surface area contributed by atoms with Crippen molar-refractivity contribution in [3.63, 3.8) is 0 Å². The number of carbonyl (C=O) groups excluding carboxylic acids is 1. The van der Waals surface area contributed by atoms with Crippen LogP contribution in [0.1, 0.15) is 40.0 Å². The van der Waals surface area contributed by atoms with Gasteiger partial charge in [0.25, 0.3) is 0 Å². The summed E-state index contributed by atoms with van der Waals surface area (Å²) >= 11 is 0. The number of nitrogens with zero attached hydrogens (tertiary/aromatic N) is 3. The highest BCUT2D eigenvalue weighted by Crippen LogP contribution is 2.20. The van der Waals surface area contributed by atoms with Gasteiger partial charge >= 0.3 is 0 Å². The zero-order valence-electron chi connectivity index (χ0n) is 14.2. The molecule has 1 fully saturated rings. The molecule has 4 nitrogen and oxygen atoms in total. The van der Waals surface area contributed by atoms with Gasteiger partial charge in [0.15, 0.2) is 0 Å². The molecule has 0 aromatic heterocycles. The number of likely N-dealkylation sites (tertiary alicyclic amines) is 1. The van der Waals surface area contributed by atoms with Crippen molar-refractivity contribution in [3.05, 3.63) is 0 Å². The summed E-state index contributed by atoms with van der Waals surface area (Å²) in [7, 11) is 6.26. The van der Waals surface area contributed by atoms with Gasteiger partial charge in [-0.25, -0.2) is 0 Å². The van der Waals surface area contributed by atoms with Gasteiger partial charge in [-0.2, -0.15) is 0 Å². The van der Waals surface area contributed by atoms with Gasteiger partial charge in [0.1, 0.15) is 0 Å². The maximum Gasteiger partial charge on any atom is 0.225 e. The van der Waals surface area contributed by atoms with Crippen LogP contribution in [0.25, 0.3) is 0 Å². The first kappa shape index (κ1) is 17.4. The van der Waals surface area contributed by atoms with Crippen molar-refractivity contribution >= 4 is 5.91 Å². The summed E-state index contributed by atoms with van der Waals surface area (Å²) in [6.07, 6.45) is 3.04. The van der Waals surface area contributed by atoms with E-state index in [1.54, 1.807) is 0 Å². The van der Waals surface area contributed by atoms with E-state index in [0.29, 0.717) is 18.0 Å². The Labute approximate surface area is 125 Å². The van der Waals surface area contributed by atoms with Gasteiger partial charge in [0.2, 0.25) is 5.91 Å².